The molecule has 0 spiro atoms. The average Bonchev–Trinajstić information content (AvgIpc) is 3.56. The number of hydrogen-bond acceptors (Lipinski definition) is 4. The molecule has 0 N–H and O–H groups in total. The van der Waals surface area contributed by atoms with Crippen LogP contribution in [-0.4, -0.2) is 14.5 Å². The number of pyridine rings is 2. The number of benzene rings is 4. The fourth-order valence-electron chi connectivity index (χ4n) is 6.51. The van der Waals surface area contributed by atoms with Crippen molar-refractivity contribution in [3.8, 4) is 17.3 Å². The van der Waals surface area contributed by atoms with Crippen LogP contribution in [0.15, 0.2) is 108 Å². The highest BCUT2D eigenvalue weighted by Crippen LogP contribution is 2.40. The molecule has 0 atom stereocenters. The molecular weight excluding hydrogens is 554 g/mol. The number of rotatable bonds is 3. The molecule has 0 bridgehead atoms. The van der Waals surface area contributed by atoms with Crippen LogP contribution < -0.4 is 4.74 Å². The van der Waals surface area contributed by atoms with E-state index < -0.39 is 0 Å². The van der Waals surface area contributed by atoms with Crippen LogP contribution in [0.4, 0.5) is 0 Å². The zero-order valence-corrected chi connectivity index (χ0v) is 26.5. The Balaban J connectivity index is 1.27. The van der Waals surface area contributed by atoms with E-state index in [1.54, 1.807) is 0 Å². The highest BCUT2D eigenvalue weighted by atomic mass is 16.5. The molecule has 4 aromatic carbocycles. The van der Waals surface area contributed by atoms with E-state index in [4.69, 9.17) is 19.1 Å². The van der Waals surface area contributed by atoms with E-state index in [-0.39, 0.29) is 10.8 Å². The van der Waals surface area contributed by atoms with Crippen molar-refractivity contribution in [2.45, 2.75) is 52.4 Å². The lowest BCUT2D eigenvalue weighted by Gasteiger charge is -2.20. The molecule has 0 aliphatic heterocycles. The molecule has 5 heteroatoms. The van der Waals surface area contributed by atoms with E-state index >= 15 is 0 Å². The van der Waals surface area contributed by atoms with Gasteiger partial charge in [0.2, 0.25) is 0 Å². The third-order valence-corrected chi connectivity index (χ3v) is 8.84. The van der Waals surface area contributed by atoms with Gasteiger partial charge in [0.25, 0.3) is 0 Å². The molecule has 0 radical (unpaired) electrons. The Labute approximate surface area is 262 Å². The van der Waals surface area contributed by atoms with Crippen LogP contribution in [0.1, 0.15) is 52.7 Å². The second-order valence-corrected chi connectivity index (χ2v) is 14.0. The molecule has 8 rings (SSSR count). The molecule has 222 valence electrons. The Morgan fingerprint density at radius 1 is 0.644 bits per heavy atom. The molecular formula is C40H35N3O2. The second kappa shape index (κ2) is 9.67. The van der Waals surface area contributed by atoms with Crippen LogP contribution in [0.5, 0.6) is 11.5 Å². The molecule has 0 fully saturated rings. The number of hydrogen-bond donors (Lipinski definition) is 0. The smallest absolute Gasteiger partial charge is 0.157 e. The number of aromatic nitrogens is 3. The second-order valence-electron chi connectivity index (χ2n) is 14.0. The largest absolute Gasteiger partial charge is 0.457 e. The Hall–Kier alpha value is -5.16. The van der Waals surface area contributed by atoms with Crippen LogP contribution in [0.3, 0.4) is 0 Å². The van der Waals surface area contributed by atoms with Gasteiger partial charge in [-0.3, -0.25) is 9.55 Å². The summed E-state index contributed by atoms with van der Waals surface area (Å²) < 4.78 is 15.3. The van der Waals surface area contributed by atoms with Crippen molar-refractivity contribution in [1.82, 2.24) is 14.5 Å². The Morgan fingerprint density at radius 3 is 2.20 bits per heavy atom. The first kappa shape index (κ1) is 27.4. The van der Waals surface area contributed by atoms with E-state index in [0.717, 1.165) is 72.1 Å². The molecule has 0 aliphatic rings. The third kappa shape index (κ3) is 4.45. The molecule has 4 aromatic heterocycles. The van der Waals surface area contributed by atoms with Gasteiger partial charge >= 0.3 is 0 Å². The summed E-state index contributed by atoms with van der Waals surface area (Å²) in [6.07, 6.45) is 3.79. The third-order valence-electron chi connectivity index (χ3n) is 8.84. The minimum atomic E-state index is -0.0656. The van der Waals surface area contributed by atoms with Crippen LogP contribution in [-0.2, 0) is 10.8 Å². The van der Waals surface area contributed by atoms with Crippen molar-refractivity contribution in [3.63, 3.8) is 0 Å². The van der Waals surface area contributed by atoms with E-state index in [2.05, 4.69) is 119 Å². The topological polar surface area (TPSA) is 53.1 Å². The number of fused-ring (bicyclic) bond motifs is 8. The molecule has 0 saturated carbocycles. The van der Waals surface area contributed by atoms with E-state index in [9.17, 15) is 0 Å². The Morgan fingerprint density at radius 2 is 1.38 bits per heavy atom. The van der Waals surface area contributed by atoms with Gasteiger partial charge in [-0.25, -0.2) is 4.98 Å². The van der Waals surface area contributed by atoms with Crippen molar-refractivity contribution < 1.29 is 9.15 Å². The van der Waals surface area contributed by atoms with Gasteiger partial charge in [0.15, 0.2) is 5.58 Å². The van der Waals surface area contributed by atoms with E-state index in [1.165, 1.54) is 10.9 Å². The van der Waals surface area contributed by atoms with Gasteiger partial charge in [-0.05, 0) is 81.8 Å². The van der Waals surface area contributed by atoms with Gasteiger partial charge in [-0.2, -0.15) is 0 Å². The predicted molar refractivity (Wildman–Crippen MR) is 185 cm³/mol. The maximum Gasteiger partial charge on any atom is 0.157 e. The molecule has 5 nitrogen and oxygen atoms in total. The summed E-state index contributed by atoms with van der Waals surface area (Å²) in [5, 5.41) is 5.52. The fraction of sp³-hybridized carbons (Fsp3) is 0.200. The standard InChI is InChI=1S/C40H35N3O2/c1-39(2,3)25-17-19-41-35(21-25)43-32-10-8-7-9-28(32)29-15-14-27(23-33(29)43)44-26-13-11-24-12-16-34-36(30(24)22-26)37-38(45-34)31(18-20-42-37)40(4,5)6/h7-23H,1-6H3. The fourth-order valence-corrected chi connectivity index (χ4v) is 6.51. The van der Waals surface area contributed by atoms with Gasteiger partial charge in [0.1, 0.15) is 28.4 Å². The van der Waals surface area contributed by atoms with Gasteiger partial charge in [-0.1, -0.05) is 71.9 Å². The van der Waals surface area contributed by atoms with Crippen molar-refractivity contribution in [1.29, 1.82) is 0 Å². The van der Waals surface area contributed by atoms with Gasteiger partial charge < -0.3 is 9.15 Å². The van der Waals surface area contributed by atoms with Crippen molar-refractivity contribution in [3.05, 3.63) is 115 Å². The summed E-state index contributed by atoms with van der Waals surface area (Å²) in [7, 11) is 0. The molecule has 0 unspecified atom stereocenters. The van der Waals surface area contributed by atoms with Crippen LogP contribution in [0.25, 0.3) is 60.5 Å². The number of nitrogens with zero attached hydrogens (tertiary/aromatic N) is 3. The van der Waals surface area contributed by atoms with Crippen LogP contribution in [0, 0.1) is 0 Å². The summed E-state index contributed by atoms with van der Waals surface area (Å²) in [4.78, 5) is 9.60. The molecule has 0 saturated heterocycles. The predicted octanol–water partition coefficient (Wildman–Crippen LogP) is 11.0. The maximum absolute atomic E-state index is 6.59. The molecule has 0 amide bonds. The highest BCUT2D eigenvalue weighted by Gasteiger charge is 2.23. The van der Waals surface area contributed by atoms with Crippen molar-refractivity contribution in [2.75, 3.05) is 0 Å². The van der Waals surface area contributed by atoms with Gasteiger partial charge in [0, 0.05) is 34.8 Å². The highest BCUT2D eigenvalue weighted by molar-refractivity contribution is 6.18. The van der Waals surface area contributed by atoms with Crippen LogP contribution >= 0.6 is 0 Å². The molecule has 45 heavy (non-hydrogen) atoms. The van der Waals surface area contributed by atoms with E-state index in [0.29, 0.717) is 0 Å². The first-order valence-corrected chi connectivity index (χ1v) is 15.5. The first-order valence-electron chi connectivity index (χ1n) is 15.5. The van der Waals surface area contributed by atoms with Gasteiger partial charge in [-0.15, -0.1) is 0 Å². The Kier molecular flexibility index (Phi) is 5.89. The minimum Gasteiger partial charge on any atom is -0.457 e. The maximum atomic E-state index is 6.59. The summed E-state index contributed by atoms with van der Waals surface area (Å²) >= 11 is 0. The van der Waals surface area contributed by atoms with E-state index in [1.807, 2.05) is 30.6 Å². The number of ether oxygens (including phenoxy) is 1. The summed E-state index contributed by atoms with van der Waals surface area (Å²) in [6.45, 7) is 13.3. The lowest BCUT2D eigenvalue weighted by molar-refractivity contribution is 0.484. The monoisotopic (exact) mass is 589 g/mol. The summed E-state index contributed by atoms with van der Waals surface area (Å²) in [5.41, 5.74) is 7.06. The quantitative estimate of drug-likeness (QED) is 0.206. The van der Waals surface area contributed by atoms with Crippen molar-refractivity contribution >= 4 is 54.6 Å². The first-order chi connectivity index (χ1) is 21.6. The average molecular weight is 590 g/mol. The number of furan rings is 1. The zero-order chi connectivity index (χ0) is 31.1. The lowest BCUT2D eigenvalue weighted by atomic mass is 9.87. The molecule has 4 heterocycles. The van der Waals surface area contributed by atoms with Crippen molar-refractivity contribution in [2.24, 2.45) is 0 Å². The lowest BCUT2D eigenvalue weighted by Crippen LogP contribution is -2.12. The SMILES string of the molecule is CC(C)(C)c1ccnc(-n2c3ccccc3c3ccc(Oc4ccc5ccc6oc7c(C(C)(C)C)ccnc7c6c5c4)cc32)c1. The molecule has 8 aromatic rings. The zero-order valence-electron chi connectivity index (χ0n) is 26.5. The summed E-state index contributed by atoms with van der Waals surface area (Å²) in [5.74, 6) is 2.41. The normalized spacial score (nSPS) is 12.7. The summed E-state index contributed by atoms with van der Waals surface area (Å²) in [6, 6.07) is 31.6. The molecule has 0 aliphatic carbocycles. The van der Waals surface area contributed by atoms with Gasteiger partial charge in [0.05, 0.1) is 16.4 Å². The number of para-hydroxylation sites is 1. The Bertz CT molecular complexity index is 2430. The minimum absolute atomic E-state index is 0.0103. The van der Waals surface area contributed by atoms with Crippen LogP contribution in [0.2, 0.25) is 0 Å².